The van der Waals surface area contributed by atoms with Gasteiger partial charge in [-0.25, -0.2) is 19.1 Å². The van der Waals surface area contributed by atoms with E-state index in [2.05, 4.69) is 9.98 Å². The fourth-order valence-corrected chi connectivity index (χ4v) is 4.84. The van der Waals surface area contributed by atoms with E-state index in [9.17, 15) is 19.5 Å². The maximum Gasteiger partial charge on any atom is 0.335 e. The van der Waals surface area contributed by atoms with Gasteiger partial charge in [0.05, 0.1) is 24.7 Å². The predicted octanol–water partition coefficient (Wildman–Crippen LogP) is 3.93. The van der Waals surface area contributed by atoms with Gasteiger partial charge in [-0.2, -0.15) is 0 Å². The number of carboxylic acids is 1. The van der Waals surface area contributed by atoms with Crippen LogP contribution in [0, 0.1) is 0 Å². The van der Waals surface area contributed by atoms with Gasteiger partial charge in [0.2, 0.25) is 5.62 Å². The van der Waals surface area contributed by atoms with E-state index in [-0.39, 0.29) is 18.6 Å². The summed E-state index contributed by atoms with van der Waals surface area (Å²) in [5, 5.41) is 10.7. The van der Waals surface area contributed by atoms with Crippen molar-refractivity contribution in [3.8, 4) is 0 Å². The molecule has 0 saturated heterocycles. The van der Waals surface area contributed by atoms with Gasteiger partial charge >= 0.3 is 17.3 Å². The number of nitrogens with one attached hydrogen (secondary N) is 1. The summed E-state index contributed by atoms with van der Waals surface area (Å²) in [4.78, 5) is 44.9. The second-order valence-corrected chi connectivity index (χ2v) is 9.51. The van der Waals surface area contributed by atoms with E-state index in [1.54, 1.807) is 30.3 Å². The molecule has 0 aliphatic heterocycles. The molecule has 5 rings (SSSR count). The summed E-state index contributed by atoms with van der Waals surface area (Å²) in [7, 11) is 0. The molecule has 1 aliphatic rings. The van der Waals surface area contributed by atoms with Crippen LogP contribution in [0.2, 0.25) is 5.02 Å². The van der Waals surface area contributed by atoms with E-state index in [1.807, 2.05) is 12.1 Å². The van der Waals surface area contributed by atoms with Crippen LogP contribution in [-0.2, 0) is 24.2 Å². The Hall–Kier alpha value is -3.85. The molecule has 2 heterocycles. The molecule has 0 radical (unpaired) electrons. The van der Waals surface area contributed by atoms with Crippen molar-refractivity contribution < 1.29 is 14.3 Å². The number of aromatic nitrogens is 3. The number of fused-ring (bicyclic) bond motifs is 3. The lowest BCUT2D eigenvalue weighted by atomic mass is 9.96. The first-order chi connectivity index (χ1) is 17.3. The first-order valence-electron chi connectivity index (χ1n) is 11.8. The van der Waals surface area contributed by atoms with Gasteiger partial charge in [0, 0.05) is 22.4 Å². The number of benzene rings is 2. The first kappa shape index (κ1) is 23.9. The number of carboxylic acid groups (broad SMARTS) is 1. The molecule has 0 bridgehead atoms. The van der Waals surface area contributed by atoms with Crippen molar-refractivity contribution in [3.63, 3.8) is 0 Å². The molecule has 4 aromatic rings. The second-order valence-electron chi connectivity index (χ2n) is 9.07. The Morgan fingerprint density at radius 3 is 2.67 bits per heavy atom. The number of H-pyrrole nitrogens is 1. The Morgan fingerprint density at radius 1 is 1.17 bits per heavy atom. The number of carbonyl (C=O) groups is 1. The molecule has 36 heavy (non-hydrogen) atoms. The Labute approximate surface area is 210 Å². The van der Waals surface area contributed by atoms with Crippen molar-refractivity contribution in [2.75, 3.05) is 0 Å². The third-order valence-electron chi connectivity index (χ3n) is 6.47. The van der Waals surface area contributed by atoms with Crippen molar-refractivity contribution in [3.05, 3.63) is 91.0 Å². The highest BCUT2D eigenvalue weighted by Gasteiger charge is 2.19. The van der Waals surface area contributed by atoms with Gasteiger partial charge in [-0.3, -0.25) is 14.3 Å². The Balaban J connectivity index is 1.67. The SMILES string of the molecule is C[C@@H](CC(=O)O)n1c(=O)[nH]/c(=N\c2ccc3oc4c(c3c2)CCCC4)n(Cc2ccc(Cl)cc2)c1=O. The maximum absolute atomic E-state index is 13.5. The molecule has 0 saturated carbocycles. The lowest BCUT2D eigenvalue weighted by molar-refractivity contribution is -0.137. The van der Waals surface area contributed by atoms with Crippen LogP contribution in [0.3, 0.4) is 0 Å². The predicted molar refractivity (Wildman–Crippen MR) is 135 cm³/mol. The highest BCUT2D eigenvalue weighted by molar-refractivity contribution is 6.30. The summed E-state index contributed by atoms with van der Waals surface area (Å²) in [6, 6.07) is 11.7. The van der Waals surface area contributed by atoms with E-state index in [4.69, 9.17) is 16.0 Å². The van der Waals surface area contributed by atoms with Crippen molar-refractivity contribution >= 4 is 34.2 Å². The standard InChI is InChI=1S/C26H25ClN4O5/c1-15(12-23(32)33)31-25(34)29-24(30(26(31)35)14-16-6-8-17(27)9-7-16)28-18-10-11-22-20(13-18)19-4-2-3-5-21(19)36-22/h6-11,13,15H,2-5,12,14H2,1H3,(H,32,33)(H,28,29,34)/t15-/m0/s1. The summed E-state index contributed by atoms with van der Waals surface area (Å²) < 4.78 is 8.25. The van der Waals surface area contributed by atoms with E-state index in [1.165, 1.54) is 17.1 Å². The van der Waals surface area contributed by atoms with Gasteiger partial charge in [0.1, 0.15) is 11.3 Å². The summed E-state index contributed by atoms with van der Waals surface area (Å²) in [6.07, 6.45) is 3.69. The van der Waals surface area contributed by atoms with Crippen molar-refractivity contribution in [1.82, 2.24) is 14.1 Å². The molecule has 9 nitrogen and oxygen atoms in total. The molecular weight excluding hydrogens is 484 g/mol. The summed E-state index contributed by atoms with van der Waals surface area (Å²) in [5.74, 6) is -0.0989. The van der Waals surface area contributed by atoms with E-state index in [0.717, 1.165) is 52.5 Å². The fourth-order valence-electron chi connectivity index (χ4n) is 4.71. The number of aliphatic carboxylic acids is 1. The zero-order chi connectivity index (χ0) is 25.4. The van der Waals surface area contributed by atoms with Gasteiger partial charge in [0.15, 0.2) is 0 Å². The first-order valence-corrected chi connectivity index (χ1v) is 12.2. The number of hydrogen-bond donors (Lipinski definition) is 2. The number of halogens is 1. The molecule has 0 unspecified atom stereocenters. The minimum atomic E-state index is -1.11. The number of furan rings is 1. The van der Waals surface area contributed by atoms with Crippen LogP contribution in [0.15, 0.2) is 61.5 Å². The molecule has 0 amide bonds. The number of hydrogen-bond acceptors (Lipinski definition) is 5. The average molecular weight is 509 g/mol. The molecule has 1 aliphatic carbocycles. The monoisotopic (exact) mass is 508 g/mol. The van der Waals surface area contributed by atoms with E-state index >= 15 is 0 Å². The van der Waals surface area contributed by atoms with Crippen LogP contribution in [0.25, 0.3) is 11.0 Å². The third kappa shape index (κ3) is 4.66. The summed E-state index contributed by atoms with van der Waals surface area (Å²) in [5.41, 5.74) is 2.00. The summed E-state index contributed by atoms with van der Waals surface area (Å²) >= 11 is 6.01. The van der Waals surface area contributed by atoms with Crippen molar-refractivity contribution in [1.29, 1.82) is 0 Å². The fraction of sp³-hybridized carbons (Fsp3) is 0.308. The maximum atomic E-state index is 13.5. The van der Waals surface area contributed by atoms with Crippen molar-refractivity contribution in [2.24, 2.45) is 4.99 Å². The topological polar surface area (TPSA) is 123 Å². The molecule has 0 fully saturated rings. The number of aryl methyl sites for hydroxylation is 2. The van der Waals surface area contributed by atoms with Crippen molar-refractivity contribution in [2.45, 2.75) is 51.6 Å². The smallest absolute Gasteiger partial charge is 0.335 e. The van der Waals surface area contributed by atoms with Gasteiger partial charge in [-0.15, -0.1) is 0 Å². The molecular formula is C26H25ClN4O5. The third-order valence-corrected chi connectivity index (χ3v) is 6.72. The zero-order valence-corrected chi connectivity index (χ0v) is 20.4. The van der Waals surface area contributed by atoms with E-state index < -0.39 is 23.4 Å². The molecule has 1 atom stereocenters. The van der Waals surface area contributed by atoms with Gasteiger partial charge in [0.25, 0.3) is 0 Å². The van der Waals surface area contributed by atoms with Crippen LogP contribution in [-0.4, -0.2) is 25.2 Å². The average Bonchev–Trinajstić information content (AvgIpc) is 3.20. The number of nitrogens with zero attached hydrogens (tertiary/aromatic N) is 3. The number of aromatic amines is 1. The lowest BCUT2D eigenvalue weighted by Gasteiger charge is -2.15. The Bertz CT molecular complexity index is 1640. The van der Waals surface area contributed by atoms with Crippen LogP contribution in [0.1, 0.15) is 49.1 Å². The lowest BCUT2D eigenvalue weighted by Crippen LogP contribution is -2.51. The zero-order valence-electron chi connectivity index (χ0n) is 19.7. The highest BCUT2D eigenvalue weighted by atomic mass is 35.5. The highest BCUT2D eigenvalue weighted by Crippen LogP contribution is 2.33. The summed E-state index contributed by atoms with van der Waals surface area (Å²) in [6.45, 7) is 1.62. The molecule has 2 aromatic carbocycles. The normalized spacial score (nSPS) is 14.7. The van der Waals surface area contributed by atoms with Gasteiger partial charge in [-0.1, -0.05) is 23.7 Å². The van der Waals surface area contributed by atoms with Crippen LogP contribution < -0.4 is 17.0 Å². The minimum absolute atomic E-state index is 0.0652. The van der Waals surface area contributed by atoms with Crippen LogP contribution in [0.4, 0.5) is 5.69 Å². The van der Waals surface area contributed by atoms with Crippen LogP contribution >= 0.6 is 11.6 Å². The Morgan fingerprint density at radius 2 is 1.92 bits per heavy atom. The quantitative estimate of drug-likeness (QED) is 0.408. The second kappa shape index (κ2) is 9.66. The van der Waals surface area contributed by atoms with E-state index in [0.29, 0.717) is 10.7 Å². The Kier molecular flexibility index (Phi) is 6.40. The molecule has 0 spiro atoms. The molecule has 2 N–H and O–H groups in total. The molecule has 2 aromatic heterocycles. The number of rotatable bonds is 6. The largest absolute Gasteiger partial charge is 0.481 e. The molecule has 186 valence electrons. The van der Waals surface area contributed by atoms with Gasteiger partial charge < -0.3 is 9.52 Å². The minimum Gasteiger partial charge on any atom is -0.481 e. The van der Waals surface area contributed by atoms with Crippen LogP contribution in [0.5, 0.6) is 0 Å². The molecule has 10 heteroatoms. The van der Waals surface area contributed by atoms with Gasteiger partial charge in [-0.05, 0) is 62.1 Å².